The predicted octanol–water partition coefficient (Wildman–Crippen LogP) is 12.3. The molecule has 0 aliphatic carbocycles. The molecule has 0 saturated carbocycles. The summed E-state index contributed by atoms with van der Waals surface area (Å²) in [6.45, 7) is 0. The van der Waals surface area contributed by atoms with Gasteiger partial charge in [-0.15, -0.1) is 0 Å². The Bertz CT molecular complexity index is 2450. The van der Waals surface area contributed by atoms with Gasteiger partial charge in [-0.3, -0.25) is 0 Å². The van der Waals surface area contributed by atoms with Crippen molar-refractivity contribution in [2.45, 2.75) is 0 Å². The van der Waals surface area contributed by atoms with Crippen LogP contribution in [0.3, 0.4) is 0 Å². The summed E-state index contributed by atoms with van der Waals surface area (Å²) in [5.74, 6) is 0. The number of para-hydroxylation sites is 4. The SMILES string of the molecule is c1ccc(N(c2ccccc2)c2ccc(-c3cccc(-c4ccc5c(c4)oc4ccccc45)c3)c3oc4ccccc4c23)cc1. The molecule has 9 rings (SSSR count). The molecular weight excluding hydrogens is 550 g/mol. The zero-order chi connectivity index (χ0) is 29.7. The van der Waals surface area contributed by atoms with Gasteiger partial charge in [-0.2, -0.15) is 0 Å². The summed E-state index contributed by atoms with van der Waals surface area (Å²) in [6, 6.07) is 57.2. The Morgan fingerprint density at radius 3 is 1.73 bits per heavy atom. The molecule has 0 spiro atoms. The largest absolute Gasteiger partial charge is 0.456 e. The van der Waals surface area contributed by atoms with Crippen molar-refractivity contribution >= 4 is 60.9 Å². The quantitative estimate of drug-likeness (QED) is 0.204. The third kappa shape index (κ3) is 4.21. The molecule has 0 radical (unpaired) electrons. The van der Waals surface area contributed by atoms with Crippen LogP contribution in [-0.4, -0.2) is 0 Å². The second kappa shape index (κ2) is 10.3. The minimum Gasteiger partial charge on any atom is -0.456 e. The van der Waals surface area contributed by atoms with Crippen molar-refractivity contribution in [2.75, 3.05) is 4.90 Å². The fourth-order valence-corrected chi connectivity index (χ4v) is 6.58. The number of furan rings is 2. The van der Waals surface area contributed by atoms with Gasteiger partial charge >= 0.3 is 0 Å². The summed E-state index contributed by atoms with van der Waals surface area (Å²) >= 11 is 0. The summed E-state index contributed by atoms with van der Waals surface area (Å²) < 4.78 is 12.9. The average molecular weight is 578 g/mol. The number of rotatable bonds is 5. The lowest BCUT2D eigenvalue weighted by molar-refractivity contribution is 0.669. The van der Waals surface area contributed by atoms with Crippen LogP contribution in [0.15, 0.2) is 173 Å². The van der Waals surface area contributed by atoms with E-state index in [4.69, 9.17) is 8.83 Å². The number of benzene rings is 7. The molecule has 0 unspecified atom stereocenters. The zero-order valence-electron chi connectivity index (χ0n) is 24.4. The maximum absolute atomic E-state index is 6.70. The highest BCUT2D eigenvalue weighted by Gasteiger charge is 2.22. The van der Waals surface area contributed by atoms with E-state index in [2.05, 4.69) is 150 Å². The minimum absolute atomic E-state index is 0.869. The van der Waals surface area contributed by atoms with Crippen LogP contribution in [0.5, 0.6) is 0 Å². The first-order chi connectivity index (χ1) is 22.3. The van der Waals surface area contributed by atoms with E-state index in [9.17, 15) is 0 Å². The van der Waals surface area contributed by atoms with Crippen molar-refractivity contribution in [3.8, 4) is 22.3 Å². The summed E-state index contributed by atoms with van der Waals surface area (Å²) in [6.07, 6.45) is 0. The van der Waals surface area contributed by atoms with E-state index in [1.807, 2.05) is 18.2 Å². The number of anilines is 3. The molecule has 3 heteroatoms. The molecule has 0 bridgehead atoms. The molecule has 0 N–H and O–H groups in total. The van der Waals surface area contributed by atoms with Crippen LogP contribution in [0.2, 0.25) is 0 Å². The molecular formula is C42H27NO2. The van der Waals surface area contributed by atoms with Crippen molar-refractivity contribution < 1.29 is 8.83 Å². The summed E-state index contributed by atoms with van der Waals surface area (Å²) in [5.41, 5.74) is 11.2. The molecule has 0 amide bonds. The van der Waals surface area contributed by atoms with Crippen LogP contribution in [0.1, 0.15) is 0 Å². The van der Waals surface area contributed by atoms with Gasteiger partial charge in [-0.05, 0) is 83.4 Å². The predicted molar refractivity (Wildman–Crippen MR) is 187 cm³/mol. The van der Waals surface area contributed by atoms with Crippen LogP contribution in [-0.2, 0) is 0 Å². The van der Waals surface area contributed by atoms with Crippen molar-refractivity contribution in [1.29, 1.82) is 0 Å². The number of fused-ring (bicyclic) bond motifs is 6. The van der Waals surface area contributed by atoms with Crippen LogP contribution in [0.4, 0.5) is 17.1 Å². The molecule has 3 nitrogen and oxygen atoms in total. The molecule has 0 saturated heterocycles. The van der Waals surface area contributed by atoms with E-state index in [-0.39, 0.29) is 0 Å². The fourth-order valence-electron chi connectivity index (χ4n) is 6.58. The first kappa shape index (κ1) is 25.4. The normalized spacial score (nSPS) is 11.6. The first-order valence-corrected chi connectivity index (χ1v) is 15.2. The van der Waals surface area contributed by atoms with E-state index < -0.39 is 0 Å². The van der Waals surface area contributed by atoms with Gasteiger partial charge in [0.15, 0.2) is 0 Å². The lowest BCUT2D eigenvalue weighted by atomic mass is 9.96. The molecule has 2 aromatic heterocycles. The highest BCUT2D eigenvalue weighted by Crippen LogP contribution is 2.46. The van der Waals surface area contributed by atoms with Gasteiger partial charge in [0.05, 0.1) is 11.1 Å². The summed E-state index contributed by atoms with van der Waals surface area (Å²) in [4.78, 5) is 2.31. The van der Waals surface area contributed by atoms with E-state index in [1.165, 1.54) is 0 Å². The Kier molecular flexibility index (Phi) is 5.82. The fraction of sp³-hybridized carbons (Fsp3) is 0. The van der Waals surface area contributed by atoms with Crippen LogP contribution in [0, 0.1) is 0 Å². The molecule has 0 fully saturated rings. The molecule has 2 heterocycles. The van der Waals surface area contributed by atoms with Crippen LogP contribution in [0.25, 0.3) is 66.1 Å². The highest BCUT2D eigenvalue weighted by atomic mass is 16.3. The van der Waals surface area contributed by atoms with Gasteiger partial charge < -0.3 is 13.7 Å². The van der Waals surface area contributed by atoms with Crippen molar-refractivity contribution in [3.05, 3.63) is 164 Å². The van der Waals surface area contributed by atoms with E-state index in [0.717, 1.165) is 83.2 Å². The Morgan fingerprint density at radius 2 is 0.978 bits per heavy atom. The third-order valence-electron chi connectivity index (χ3n) is 8.66. The molecule has 9 aromatic rings. The Hall–Kier alpha value is -6.06. The van der Waals surface area contributed by atoms with E-state index in [0.29, 0.717) is 0 Å². The van der Waals surface area contributed by atoms with Gasteiger partial charge in [0.25, 0.3) is 0 Å². The number of nitrogens with zero attached hydrogens (tertiary/aromatic N) is 1. The maximum Gasteiger partial charge on any atom is 0.145 e. The summed E-state index contributed by atoms with van der Waals surface area (Å²) in [7, 11) is 0. The standard InChI is InChI=1S/C42H27NO2/c1-3-14-31(15-4-1)43(32-16-5-2-6-17-32)37-25-24-33(42-41(37)36-19-8-10-21-39(36)45-42)30-13-11-12-28(26-30)29-22-23-35-34-18-7-9-20-38(34)44-40(35)27-29/h1-27H. The van der Waals surface area contributed by atoms with Crippen LogP contribution >= 0.6 is 0 Å². The second-order valence-corrected chi connectivity index (χ2v) is 11.3. The zero-order valence-corrected chi connectivity index (χ0v) is 24.4. The average Bonchev–Trinajstić information content (AvgIpc) is 3.68. The topological polar surface area (TPSA) is 29.5 Å². The molecule has 0 aliphatic rings. The van der Waals surface area contributed by atoms with Gasteiger partial charge in [0.1, 0.15) is 22.3 Å². The lowest BCUT2D eigenvalue weighted by Gasteiger charge is -2.26. The molecule has 0 aliphatic heterocycles. The molecule has 45 heavy (non-hydrogen) atoms. The van der Waals surface area contributed by atoms with Crippen LogP contribution < -0.4 is 4.90 Å². The second-order valence-electron chi connectivity index (χ2n) is 11.3. The lowest BCUT2D eigenvalue weighted by Crippen LogP contribution is -2.10. The van der Waals surface area contributed by atoms with Gasteiger partial charge in [0.2, 0.25) is 0 Å². The number of hydrogen-bond acceptors (Lipinski definition) is 3. The highest BCUT2D eigenvalue weighted by molar-refractivity contribution is 6.17. The molecule has 7 aromatic carbocycles. The first-order valence-electron chi connectivity index (χ1n) is 15.2. The third-order valence-corrected chi connectivity index (χ3v) is 8.66. The van der Waals surface area contributed by atoms with Crippen molar-refractivity contribution in [1.82, 2.24) is 0 Å². The summed E-state index contributed by atoms with van der Waals surface area (Å²) in [5, 5.41) is 4.45. The molecule has 0 atom stereocenters. The number of hydrogen-bond donors (Lipinski definition) is 0. The van der Waals surface area contributed by atoms with E-state index >= 15 is 0 Å². The smallest absolute Gasteiger partial charge is 0.145 e. The van der Waals surface area contributed by atoms with Gasteiger partial charge in [-0.1, -0.05) is 97.1 Å². The molecule has 212 valence electrons. The Labute approximate surface area is 260 Å². The minimum atomic E-state index is 0.869. The Balaban J connectivity index is 1.24. The maximum atomic E-state index is 6.70. The van der Waals surface area contributed by atoms with Crippen molar-refractivity contribution in [3.63, 3.8) is 0 Å². The van der Waals surface area contributed by atoms with Crippen molar-refractivity contribution in [2.24, 2.45) is 0 Å². The Morgan fingerprint density at radius 1 is 0.378 bits per heavy atom. The monoisotopic (exact) mass is 577 g/mol. The van der Waals surface area contributed by atoms with Gasteiger partial charge in [-0.25, -0.2) is 0 Å². The van der Waals surface area contributed by atoms with E-state index in [1.54, 1.807) is 0 Å². The van der Waals surface area contributed by atoms with Gasteiger partial charge in [0, 0.05) is 33.1 Å².